The van der Waals surface area contributed by atoms with Crippen LogP contribution in [0.5, 0.6) is 23.0 Å². The Labute approximate surface area is 377 Å². The van der Waals surface area contributed by atoms with Crippen LogP contribution in [-0.2, 0) is 42.1 Å². The fourth-order valence-corrected chi connectivity index (χ4v) is 7.96. The molecule has 0 unspecified atom stereocenters. The van der Waals surface area contributed by atoms with Gasteiger partial charge in [-0.3, -0.25) is 0 Å². The van der Waals surface area contributed by atoms with Crippen molar-refractivity contribution in [2.75, 3.05) is 0 Å². The Morgan fingerprint density at radius 1 is 0.410 bits per heavy atom. The molecule has 0 radical (unpaired) electrons. The molecule has 6 aromatic carbocycles. The molecule has 0 N–H and O–H groups in total. The van der Waals surface area contributed by atoms with Crippen LogP contribution in [-0.4, -0.2) is 44.1 Å². The summed E-state index contributed by atoms with van der Waals surface area (Å²) >= 11 is 0. The molecule has 0 amide bonds. The van der Waals surface area contributed by atoms with Gasteiger partial charge in [-0.05, 0) is 47.2 Å². The normalized spacial score (nSPS) is 11.6. The largest absolute Gasteiger partial charge is 2.00 e. The third-order valence-electron chi connectivity index (χ3n) is 10.4. The van der Waals surface area contributed by atoms with Gasteiger partial charge in [-0.15, -0.1) is 79.7 Å². The zero-order valence-corrected chi connectivity index (χ0v) is 35.9. The minimum Gasteiger partial charge on any atom is -0.509 e. The van der Waals surface area contributed by atoms with Crippen molar-refractivity contribution in [3.63, 3.8) is 0 Å². The van der Waals surface area contributed by atoms with Gasteiger partial charge in [0, 0.05) is 46.4 Å². The molecule has 13 heteroatoms. The first kappa shape index (κ1) is 37.0. The summed E-state index contributed by atoms with van der Waals surface area (Å²) in [5, 5.41) is 22.2. The molecule has 0 bridgehead atoms. The smallest absolute Gasteiger partial charge is 0.509 e. The first-order chi connectivity index (χ1) is 29.6. The van der Waals surface area contributed by atoms with Crippen LogP contribution in [0.25, 0.3) is 83.0 Å². The van der Waals surface area contributed by atoms with E-state index in [0.29, 0.717) is 34.0 Å². The zero-order chi connectivity index (χ0) is 39.7. The number of fused-ring (bicyclic) bond motifs is 9. The predicted molar refractivity (Wildman–Crippen MR) is 225 cm³/mol. The Balaban J connectivity index is 0.00000229. The van der Waals surface area contributed by atoms with Crippen molar-refractivity contribution in [3.8, 4) is 40.6 Å². The standard InChI is InChI=1S/C48H25N9O2.2Pt/c1-3-11-40-34(9-1)36-19-15-30(25-42(36)55(40)46-13-5-7-23-49-46)58-32-17-21-38-39-22-18-33(28-45(39)57(44(38)27-32)48-53-51-29-52-54-48)59-31-16-20-37-35-10-2-4-12-41(35)56(43(37)26-31)47-14-6-8-24-50-47;;/h1-24,29H;;/q-4;2*+2/i29D;;. The summed E-state index contributed by atoms with van der Waals surface area (Å²) in [6, 6.07) is 57.5. The van der Waals surface area contributed by atoms with E-state index in [1.54, 1.807) is 17.0 Å². The summed E-state index contributed by atoms with van der Waals surface area (Å²) in [7, 11) is 0. The van der Waals surface area contributed by atoms with Crippen LogP contribution in [0.1, 0.15) is 1.37 Å². The van der Waals surface area contributed by atoms with Crippen molar-refractivity contribution in [1.29, 1.82) is 0 Å². The predicted octanol–water partition coefficient (Wildman–Crippen LogP) is 10.1. The molecule has 0 aliphatic carbocycles. The maximum Gasteiger partial charge on any atom is 2.00 e. The third kappa shape index (κ3) is 6.36. The fourth-order valence-electron chi connectivity index (χ4n) is 7.96. The van der Waals surface area contributed by atoms with E-state index in [1.807, 2.05) is 109 Å². The molecule has 0 fully saturated rings. The molecule has 294 valence electrons. The molecular formula is C48H25N9O2Pt2. The molecule has 0 saturated carbocycles. The Kier molecular flexibility index (Phi) is 9.40. The van der Waals surface area contributed by atoms with Crippen LogP contribution in [0.4, 0.5) is 0 Å². The summed E-state index contributed by atoms with van der Waals surface area (Å²) < 4.78 is 26.7. The number of hydrogen-bond acceptors (Lipinski definition) is 8. The van der Waals surface area contributed by atoms with E-state index in [-0.39, 0.29) is 54.4 Å². The molecule has 0 atom stereocenters. The van der Waals surface area contributed by atoms with Gasteiger partial charge in [-0.25, -0.2) is 9.97 Å². The number of rotatable bonds is 7. The van der Waals surface area contributed by atoms with Crippen molar-refractivity contribution in [3.05, 3.63) is 176 Å². The Hall–Kier alpha value is -7.06. The van der Waals surface area contributed by atoms with Crippen molar-refractivity contribution < 1.29 is 53.0 Å². The van der Waals surface area contributed by atoms with E-state index in [0.717, 1.165) is 66.0 Å². The molecule has 61 heavy (non-hydrogen) atoms. The maximum atomic E-state index is 7.86. The van der Waals surface area contributed by atoms with Crippen molar-refractivity contribution in [2.24, 2.45) is 0 Å². The summed E-state index contributed by atoms with van der Waals surface area (Å²) in [4.78, 5) is 9.28. The second-order valence-electron chi connectivity index (χ2n) is 13.8. The molecule has 6 heterocycles. The number of ether oxygens (including phenoxy) is 2. The maximum absolute atomic E-state index is 7.86. The molecule has 12 rings (SSSR count). The quantitative estimate of drug-likeness (QED) is 0.145. The third-order valence-corrected chi connectivity index (χ3v) is 10.4. The molecule has 0 aliphatic rings. The number of benzene rings is 6. The Morgan fingerprint density at radius 3 is 1.20 bits per heavy atom. The summed E-state index contributed by atoms with van der Waals surface area (Å²) in [5.74, 6) is 3.55. The van der Waals surface area contributed by atoms with Gasteiger partial charge < -0.3 is 23.2 Å². The van der Waals surface area contributed by atoms with E-state index < -0.39 is 0 Å². The minimum absolute atomic E-state index is 0. The molecule has 6 aromatic heterocycles. The first-order valence-electron chi connectivity index (χ1n) is 19.2. The topological polar surface area (TPSA) is 111 Å². The molecule has 0 spiro atoms. The molecule has 0 aliphatic heterocycles. The number of para-hydroxylation sites is 2. The van der Waals surface area contributed by atoms with Crippen molar-refractivity contribution in [1.82, 2.24) is 44.1 Å². The Bertz CT molecular complexity index is 3420. The summed E-state index contributed by atoms with van der Waals surface area (Å²) in [5.41, 5.74) is 4.88. The van der Waals surface area contributed by atoms with E-state index in [4.69, 9.17) is 10.8 Å². The zero-order valence-electron chi connectivity index (χ0n) is 32.3. The average molecular weight is 1150 g/mol. The van der Waals surface area contributed by atoms with Gasteiger partial charge in [0.25, 0.3) is 5.95 Å². The fraction of sp³-hybridized carbons (Fsp3) is 0. The van der Waals surface area contributed by atoms with Gasteiger partial charge in [-0.1, -0.05) is 70.6 Å². The van der Waals surface area contributed by atoms with Crippen molar-refractivity contribution >= 4 is 65.4 Å². The monoisotopic (exact) mass is 1150 g/mol. The number of aromatic nitrogens is 9. The van der Waals surface area contributed by atoms with E-state index >= 15 is 0 Å². The van der Waals surface area contributed by atoms with Crippen LogP contribution >= 0.6 is 0 Å². The van der Waals surface area contributed by atoms with Crippen LogP contribution in [0.15, 0.2) is 152 Å². The number of hydrogen-bond donors (Lipinski definition) is 0. The summed E-state index contributed by atoms with van der Waals surface area (Å²) in [6.07, 6.45) is 3.25. The van der Waals surface area contributed by atoms with Gasteiger partial charge in [0.05, 0.1) is 0 Å². The molecule has 11 nitrogen and oxygen atoms in total. The average Bonchev–Trinajstić information content (AvgIpc) is 3.92. The molecular weight excluding hydrogens is 1120 g/mol. The van der Waals surface area contributed by atoms with Crippen LogP contribution in [0.3, 0.4) is 0 Å². The molecule has 0 saturated heterocycles. The van der Waals surface area contributed by atoms with Gasteiger partial charge in [0.1, 0.15) is 13.0 Å². The van der Waals surface area contributed by atoms with E-state index in [1.165, 1.54) is 0 Å². The minimum atomic E-state index is -0.302. The SMILES string of the molecule is [2H]c1nnc(-n2c3[c-]c(Oc4[c-]c5c(cc4)c4ccccc4n5-c4ccccn4)ccc3c3ccc(Oc4[c-]c5c(cc4)c4ccccc4n5-c4ccccn4)[c-]c32)nn1.[Pt+2].[Pt+2]. The van der Waals surface area contributed by atoms with Crippen molar-refractivity contribution in [2.45, 2.75) is 0 Å². The van der Waals surface area contributed by atoms with Crippen LogP contribution in [0.2, 0.25) is 0 Å². The van der Waals surface area contributed by atoms with Crippen LogP contribution in [0, 0.1) is 24.3 Å². The second-order valence-corrected chi connectivity index (χ2v) is 13.8. The van der Waals surface area contributed by atoms with E-state index in [9.17, 15) is 0 Å². The van der Waals surface area contributed by atoms with E-state index in [2.05, 4.69) is 88.0 Å². The number of pyridine rings is 2. The second kappa shape index (κ2) is 15.5. The van der Waals surface area contributed by atoms with Gasteiger partial charge >= 0.3 is 42.1 Å². The van der Waals surface area contributed by atoms with Crippen LogP contribution < -0.4 is 9.47 Å². The Morgan fingerprint density at radius 2 is 0.787 bits per heavy atom. The number of nitrogens with zero attached hydrogens (tertiary/aromatic N) is 9. The van der Waals surface area contributed by atoms with Gasteiger partial charge in [0.15, 0.2) is 6.30 Å². The first-order valence-corrected chi connectivity index (χ1v) is 18.7. The summed E-state index contributed by atoms with van der Waals surface area (Å²) in [6.45, 7) is 0. The molecule has 12 aromatic rings. The van der Waals surface area contributed by atoms with Gasteiger partial charge in [-0.2, -0.15) is 35.0 Å². The van der Waals surface area contributed by atoms with Gasteiger partial charge in [0.2, 0.25) is 0 Å².